The van der Waals surface area contributed by atoms with Gasteiger partial charge in [-0.2, -0.15) is 0 Å². The first-order valence-electron chi connectivity index (χ1n) is 10.2. The zero-order chi connectivity index (χ0) is 20.0. The number of carbonyl (C=O) groups excluding carboxylic acids is 3. The standard InChI is InChI=1S/C23H22N2O4/c26-21(11-12-25-22(27)16-6-1-2-7-17(16)23(25)28)24-14-9-10-20-18(13-14)15-5-3-4-8-19(15)29-20/h3-5,8-10,13,16-17H,1-2,6-7,11-12H2,(H,24,26)/t16-,17+. The zero-order valence-electron chi connectivity index (χ0n) is 16.0. The van der Waals surface area contributed by atoms with Crippen LogP contribution >= 0.6 is 0 Å². The molecule has 6 heteroatoms. The summed E-state index contributed by atoms with van der Waals surface area (Å²) in [6.07, 6.45) is 3.67. The smallest absolute Gasteiger partial charge is 0.233 e. The van der Waals surface area contributed by atoms with Gasteiger partial charge in [0, 0.05) is 29.4 Å². The molecule has 2 aliphatic rings. The molecule has 0 radical (unpaired) electrons. The Hall–Kier alpha value is -3.15. The van der Waals surface area contributed by atoms with E-state index in [9.17, 15) is 14.4 Å². The van der Waals surface area contributed by atoms with Crippen LogP contribution in [0.3, 0.4) is 0 Å². The van der Waals surface area contributed by atoms with E-state index in [2.05, 4.69) is 5.32 Å². The second kappa shape index (κ2) is 7.03. The highest BCUT2D eigenvalue weighted by atomic mass is 16.3. The Balaban J connectivity index is 1.27. The molecule has 0 bridgehead atoms. The number of nitrogens with one attached hydrogen (secondary N) is 1. The summed E-state index contributed by atoms with van der Waals surface area (Å²) in [4.78, 5) is 38.8. The first-order chi connectivity index (χ1) is 14.1. The third-order valence-electron chi connectivity index (χ3n) is 6.16. The summed E-state index contributed by atoms with van der Waals surface area (Å²) in [5.41, 5.74) is 2.24. The molecule has 29 heavy (non-hydrogen) atoms. The normalized spacial score (nSPS) is 21.7. The third-order valence-corrected chi connectivity index (χ3v) is 6.16. The van der Waals surface area contributed by atoms with Gasteiger partial charge in [0.05, 0.1) is 11.8 Å². The second-order valence-corrected chi connectivity index (χ2v) is 7.93. The average Bonchev–Trinajstić information content (AvgIpc) is 3.22. The number of furan rings is 1. The SMILES string of the molecule is O=C(CCN1C(=O)[C@H]2CCCC[C@H]2C1=O)Nc1ccc2oc3ccccc3c2c1. The van der Waals surface area contributed by atoms with Gasteiger partial charge in [0.25, 0.3) is 0 Å². The van der Waals surface area contributed by atoms with E-state index in [1.807, 2.05) is 36.4 Å². The summed E-state index contributed by atoms with van der Waals surface area (Å²) >= 11 is 0. The molecule has 1 aromatic heterocycles. The molecule has 0 unspecified atom stereocenters. The molecule has 2 heterocycles. The number of para-hydroxylation sites is 1. The van der Waals surface area contributed by atoms with Crippen molar-refractivity contribution in [2.24, 2.45) is 11.8 Å². The van der Waals surface area contributed by atoms with Crippen LogP contribution in [0.25, 0.3) is 21.9 Å². The molecule has 1 saturated heterocycles. The number of nitrogens with zero attached hydrogens (tertiary/aromatic N) is 1. The van der Waals surface area contributed by atoms with Crippen molar-refractivity contribution in [2.45, 2.75) is 32.1 Å². The highest BCUT2D eigenvalue weighted by Gasteiger charge is 2.47. The van der Waals surface area contributed by atoms with Crippen molar-refractivity contribution in [1.82, 2.24) is 4.90 Å². The number of rotatable bonds is 4. The van der Waals surface area contributed by atoms with E-state index in [4.69, 9.17) is 4.42 Å². The maximum Gasteiger partial charge on any atom is 0.233 e. The summed E-state index contributed by atoms with van der Waals surface area (Å²) in [6, 6.07) is 13.3. The first-order valence-corrected chi connectivity index (χ1v) is 10.2. The van der Waals surface area contributed by atoms with Crippen LogP contribution in [0.5, 0.6) is 0 Å². The Morgan fingerprint density at radius 2 is 1.66 bits per heavy atom. The van der Waals surface area contributed by atoms with Crippen LogP contribution in [0.15, 0.2) is 46.9 Å². The van der Waals surface area contributed by atoms with Crippen molar-refractivity contribution in [1.29, 1.82) is 0 Å². The maximum atomic E-state index is 12.5. The number of imide groups is 1. The molecule has 2 atom stereocenters. The lowest BCUT2D eigenvalue weighted by Gasteiger charge is -2.19. The number of amides is 3. The summed E-state index contributed by atoms with van der Waals surface area (Å²) in [6.45, 7) is 0.146. The van der Waals surface area contributed by atoms with E-state index < -0.39 is 0 Å². The van der Waals surface area contributed by atoms with Gasteiger partial charge in [0.15, 0.2) is 0 Å². The molecule has 1 saturated carbocycles. The lowest BCUT2D eigenvalue weighted by atomic mass is 9.81. The molecule has 1 aliphatic carbocycles. The molecule has 6 nitrogen and oxygen atoms in total. The lowest BCUT2D eigenvalue weighted by Crippen LogP contribution is -2.34. The minimum Gasteiger partial charge on any atom is -0.456 e. The van der Waals surface area contributed by atoms with Crippen molar-refractivity contribution in [3.05, 3.63) is 42.5 Å². The van der Waals surface area contributed by atoms with Crippen molar-refractivity contribution >= 4 is 45.3 Å². The molecule has 2 aromatic carbocycles. The lowest BCUT2D eigenvalue weighted by molar-refractivity contribution is -0.140. The second-order valence-electron chi connectivity index (χ2n) is 7.93. The third kappa shape index (κ3) is 3.09. The number of fused-ring (bicyclic) bond motifs is 4. The predicted molar refractivity (Wildman–Crippen MR) is 109 cm³/mol. The largest absolute Gasteiger partial charge is 0.456 e. The fourth-order valence-electron chi connectivity index (χ4n) is 4.69. The zero-order valence-corrected chi connectivity index (χ0v) is 16.0. The van der Waals surface area contributed by atoms with E-state index in [0.29, 0.717) is 5.69 Å². The van der Waals surface area contributed by atoms with Crippen LogP contribution in [-0.4, -0.2) is 29.2 Å². The molecule has 1 N–H and O–H groups in total. The van der Waals surface area contributed by atoms with Crippen molar-refractivity contribution in [3.8, 4) is 0 Å². The average molecular weight is 390 g/mol. The monoisotopic (exact) mass is 390 g/mol. The summed E-state index contributed by atoms with van der Waals surface area (Å²) in [5.74, 6) is -0.752. The molecule has 3 aromatic rings. The summed E-state index contributed by atoms with van der Waals surface area (Å²) in [5, 5.41) is 4.81. The number of hydrogen-bond donors (Lipinski definition) is 1. The van der Waals surface area contributed by atoms with Crippen LogP contribution in [0.2, 0.25) is 0 Å². The molecule has 0 spiro atoms. The van der Waals surface area contributed by atoms with Crippen LogP contribution in [0, 0.1) is 11.8 Å². The maximum absolute atomic E-state index is 12.5. The highest BCUT2D eigenvalue weighted by molar-refractivity contribution is 6.07. The predicted octanol–water partition coefficient (Wildman–Crippen LogP) is 4.09. The van der Waals surface area contributed by atoms with Gasteiger partial charge in [-0.25, -0.2) is 0 Å². The number of carbonyl (C=O) groups is 3. The van der Waals surface area contributed by atoms with Gasteiger partial charge < -0.3 is 9.73 Å². The van der Waals surface area contributed by atoms with Crippen molar-refractivity contribution in [2.75, 3.05) is 11.9 Å². The van der Waals surface area contributed by atoms with Gasteiger partial charge in [0.2, 0.25) is 17.7 Å². The molecule has 5 rings (SSSR count). The van der Waals surface area contributed by atoms with E-state index in [1.165, 1.54) is 4.90 Å². The Morgan fingerprint density at radius 1 is 0.966 bits per heavy atom. The van der Waals surface area contributed by atoms with Crippen LogP contribution in [-0.2, 0) is 14.4 Å². The molecule has 1 aliphatic heterocycles. The number of benzene rings is 2. The van der Waals surface area contributed by atoms with Crippen LogP contribution in [0.1, 0.15) is 32.1 Å². The number of hydrogen-bond acceptors (Lipinski definition) is 4. The Labute approximate surface area is 167 Å². The fraction of sp³-hybridized carbons (Fsp3) is 0.348. The Kier molecular flexibility index (Phi) is 4.34. The Bertz CT molecular complexity index is 1110. The van der Waals surface area contributed by atoms with E-state index in [0.717, 1.165) is 47.6 Å². The molecule has 2 fully saturated rings. The highest BCUT2D eigenvalue weighted by Crippen LogP contribution is 2.38. The molecule has 3 amide bonds. The van der Waals surface area contributed by atoms with E-state index >= 15 is 0 Å². The topological polar surface area (TPSA) is 79.6 Å². The van der Waals surface area contributed by atoms with Gasteiger partial charge >= 0.3 is 0 Å². The summed E-state index contributed by atoms with van der Waals surface area (Å²) in [7, 11) is 0. The van der Waals surface area contributed by atoms with Gasteiger partial charge in [-0.15, -0.1) is 0 Å². The van der Waals surface area contributed by atoms with Gasteiger partial charge in [-0.05, 0) is 37.1 Å². The molecular formula is C23H22N2O4. The van der Waals surface area contributed by atoms with Gasteiger partial charge in [-0.3, -0.25) is 19.3 Å². The number of likely N-dealkylation sites (tertiary alicyclic amines) is 1. The van der Waals surface area contributed by atoms with E-state index in [-0.39, 0.29) is 42.5 Å². The minimum atomic E-state index is -0.215. The van der Waals surface area contributed by atoms with Crippen molar-refractivity contribution in [3.63, 3.8) is 0 Å². The Morgan fingerprint density at radius 3 is 2.41 bits per heavy atom. The van der Waals surface area contributed by atoms with Crippen LogP contribution < -0.4 is 5.32 Å². The molecule has 148 valence electrons. The first kappa shape index (κ1) is 17.9. The van der Waals surface area contributed by atoms with Crippen molar-refractivity contribution < 1.29 is 18.8 Å². The van der Waals surface area contributed by atoms with Gasteiger partial charge in [-0.1, -0.05) is 31.0 Å². The van der Waals surface area contributed by atoms with Gasteiger partial charge in [0.1, 0.15) is 11.2 Å². The fourth-order valence-corrected chi connectivity index (χ4v) is 4.69. The molecular weight excluding hydrogens is 368 g/mol. The van der Waals surface area contributed by atoms with Crippen LogP contribution in [0.4, 0.5) is 5.69 Å². The summed E-state index contributed by atoms with van der Waals surface area (Å²) < 4.78 is 5.80. The number of anilines is 1. The quantitative estimate of drug-likeness (QED) is 0.681. The minimum absolute atomic E-state index is 0.0983. The van der Waals surface area contributed by atoms with E-state index in [1.54, 1.807) is 6.07 Å².